The molecule has 0 aromatic heterocycles. The second-order valence-corrected chi connectivity index (χ2v) is 11.9. The van der Waals surface area contributed by atoms with E-state index in [1.165, 1.54) is 25.1 Å². The molecule has 3 aromatic rings. The van der Waals surface area contributed by atoms with E-state index in [1.807, 2.05) is 48.5 Å². The highest BCUT2D eigenvalue weighted by molar-refractivity contribution is 5.94. The van der Waals surface area contributed by atoms with E-state index in [4.69, 9.17) is 25.1 Å². The predicted molar refractivity (Wildman–Crippen MR) is 182 cm³/mol. The first-order valence-corrected chi connectivity index (χ1v) is 16.1. The average molecular weight is 719 g/mol. The molecule has 0 spiro atoms. The van der Waals surface area contributed by atoms with Crippen molar-refractivity contribution in [2.24, 2.45) is 5.73 Å². The van der Waals surface area contributed by atoms with E-state index in [0.717, 1.165) is 29.2 Å². The average Bonchev–Trinajstić information content (AvgIpc) is 3.41. The number of fused-ring (bicyclic) bond motifs is 3. The molecule has 0 radical (unpaired) electrons. The number of rotatable bonds is 17. The van der Waals surface area contributed by atoms with Crippen LogP contribution >= 0.6 is 0 Å². The van der Waals surface area contributed by atoms with Crippen LogP contribution in [0.4, 0.5) is 4.79 Å². The van der Waals surface area contributed by atoms with Gasteiger partial charge in [-0.15, -0.1) is 0 Å². The van der Waals surface area contributed by atoms with Crippen molar-refractivity contribution in [1.82, 2.24) is 16.0 Å². The van der Waals surface area contributed by atoms with Crippen LogP contribution in [0.3, 0.4) is 0 Å². The number of carboxylic acid groups (broad SMARTS) is 2. The van der Waals surface area contributed by atoms with Gasteiger partial charge in [-0.1, -0.05) is 54.6 Å². The van der Waals surface area contributed by atoms with E-state index in [2.05, 4.69) is 16.0 Å². The molecule has 0 aliphatic heterocycles. The van der Waals surface area contributed by atoms with Gasteiger partial charge in [0.1, 0.15) is 24.7 Å². The number of amides is 4. The van der Waals surface area contributed by atoms with Crippen LogP contribution in [0.2, 0.25) is 0 Å². The van der Waals surface area contributed by atoms with Gasteiger partial charge in [0.25, 0.3) is 0 Å². The maximum absolute atomic E-state index is 13.6. The third-order valence-electron chi connectivity index (χ3n) is 8.07. The summed E-state index contributed by atoms with van der Waals surface area (Å²) in [7, 11) is 0. The Bertz CT molecular complexity index is 1820. The number of alkyl carbamates (subject to hydrolysis) is 1. The Kier molecular flexibility index (Phi) is 12.9. The summed E-state index contributed by atoms with van der Waals surface area (Å²) in [6.07, 6.45) is -2.18. The molecule has 16 nitrogen and oxygen atoms in total. The first kappa shape index (κ1) is 38.4. The van der Waals surface area contributed by atoms with Gasteiger partial charge in [0.2, 0.25) is 17.7 Å². The van der Waals surface area contributed by atoms with E-state index in [0.29, 0.717) is 0 Å². The maximum atomic E-state index is 13.6. The molecule has 0 saturated carbocycles. The lowest BCUT2D eigenvalue weighted by molar-refractivity contribution is -0.139. The number of aliphatic carboxylic acids is 2. The molecule has 4 amide bonds. The van der Waals surface area contributed by atoms with Gasteiger partial charge in [-0.3, -0.25) is 24.0 Å². The zero-order valence-corrected chi connectivity index (χ0v) is 28.3. The summed E-state index contributed by atoms with van der Waals surface area (Å²) < 4.78 is 15.9. The highest BCUT2D eigenvalue weighted by atomic mass is 16.6. The summed E-state index contributed by atoms with van der Waals surface area (Å²) in [5.74, 6) is -6.51. The number of carbonyl (C=O) groups is 7. The van der Waals surface area contributed by atoms with E-state index >= 15 is 0 Å². The lowest BCUT2D eigenvalue weighted by atomic mass is 9.98. The van der Waals surface area contributed by atoms with Crippen LogP contribution in [-0.4, -0.2) is 83.3 Å². The molecule has 7 N–H and O–H groups in total. The van der Waals surface area contributed by atoms with Crippen LogP contribution in [0.5, 0.6) is 11.5 Å². The van der Waals surface area contributed by atoms with E-state index < -0.39 is 72.9 Å². The van der Waals surface area contributed by atoms with Crippen LogP contribution in [0, 0.1) is 0 Å². The molecular weight excluding hydrogens is 680 g/mol. The molecule has 0 saturated heterocycles. The maximum Gasteiger partial charge on any atom is 0.407 e. The van der Waals surface area contributed by atoms with Gasteiger partial charge < -0.3 is 46.1 Å². The summed E-state index contributed by atoms with van der Waals surface area (Å²) in [5, 5.41) is 25.6. The second kappa shape index (κ2) is 17.5. The SMILES string of the molecule is CC(=O)Oc1cc(C[C@H](NC(=O)[C@H](CCC(=O)O)NC(=O)OCC2c3ccccc3-c3ccccc32)C(=O)N[C@@H](C)C(N)=O)ccc1OCC(=O)O. The minimum Gasteiger partial charge on any atom is -0.481 e. The smallest absolute Gasteiger partial charge is 0.407 e. The van der Waals surface area contributed by atoms with Gasteiger partial charge in [0.05, 0.1) is 0 Å². The number of carboxylic acids is 2. The largest absolute Gasteiger partial charge is 0.481 e. The molecule has 0 fully saturated rings. The molecule has 0 unspecified atom stereocenters. The van der Waals surface area contributed by atoms with Gasteiger partial charge in [-0.2, -0.15) is 0 Å². The number of hydrogen-bond donors (Lipinski definition) is 6. The minimum atomic E-state index is -1.47. The van der Waals surface area contributed by atoms with Crippen LogP contribution in [0.1, 0.15) is 49.3 Å². The summed E-state index contributed by atoms with van der Waals surface area (Å²) in [4.78, 5) is 86.0. The van der Waals surface area contributed by atoms with Crippen molar-refractivity contribution in [3.63, 3.8) is 0 Å². The molecule has 3 atom stereocenters. The zero-order valence-electron chi connectivity index (χ0n) is 28.3. The standard InChI is InChI=1S/C36H38N4O12/c1-19(33(37)46)38-35(48)28(15-21-11-13-29(50-18-32(44)45)30(16-21)52-20(2)41)39-34(47)27(12-14-31(42)43)40-36(49)51-17-26-24-9-5-3-7-22(24)23-8-4-6-10-25(23)26/h3-11,13,16,19,26-28H,12,14-15,17-18H2,1-2H3,(H2,37,46)(H,38,48)(H,39,47)(H,40,49)(H,42,43)(H,44,45)/t19-,27-,28-/m0/s1. The fourth-order valence-electron chi connectivity index (χ4n) is 5.59. The van der Waals surface area contributed by atoms with Gasteiger partial charge in [-0.05, 0) is 53.3 Å². The van der Waals surface area contributed by atoms with Crippen LogP contribution in [0.25, 0.3) is 11.1 Å². The Morgan fingerprint density at radius 1 is 0.788 bits per heavy atom. The van der Waals surface area contributed by atoms with Crippen molar-refractivity contribution in [1.29, 1.82) is 0 Å². The normalized spacial score (nSPS) is 13.3. The Balaban J connectivity index is 1.53. The fourth-order valence-corrected chi connectivity index (χ4v) is 5.59. The predicted octanol–water partition coefficient (Wildman–Crippen LogP) is 1.86. The van der Waals surface area contributed by atoms with E-state index in [1.54, 1.807) is 0 Å². The Morgan fingerprint density at radius 3 is 1.98 bits per heavy atom. The van der Waals surface area contributed by atoms with Crippen molar-refractivity contribution in [3.8, 4) is 22.6 Å². The molecule has 4 rings (SSSR count). The third kappa shape index (κ3) is 10.3. The lowest BCUT2D eigenvalue weighted by Crippen LogP contribution is -2.56. The van der Waals surface area contributed by atoms with Gasteiger partial charge in [0, 0.05) is 25.7 Å². The summed E-state index contributed by atoms with van der Waals surface area (Å²) >= 11 is 0. The topological polar surface area (TPSA) is 250 Å². The summed E-state index contributed by atoms with van der Waals surface area (Å²) in [6.45, 7) is 1.60. The molecule has 1 aliphatic rings. The Morgan fingerprint density at radius 2 is 1.40 bits per heavy atom. The second-order valence-electron chi connectivity index (χ2n) is 11.9. The van der Waals surface area contributed by atoms with Crippen LogP contribution in [-0.2, 0) is 39.9 Å². The molecule has 3 aromatic carbocycles. The van der Waals surface area contributed by atoms with E-state index in [9.17, 15) is 38.7 Å². The summed E-state index contributed by atoms with van der Waals surface area (Å²) in [6, 6.07) is 15.3. The fraction of sp³-hybridized carbons (Fsp3) is 0.306. The highest BCUT2D eigenvalue weighted by Crippen LogP contribution is 2.44. The number of nitrogens with two attached hydrogens (primary N) is 1. The quantitative estimate of drug-likeness (QED) is 0.0865. The number of esters is 1. The molecule has 16 heteroatoms. The number of nitrogens with one attached hydrogen (secondary N) is 3. The van der Waals surface area contributed by atoms with Crippen molar-refractivity contribution < 1.29 is 58.0 Å². The number of hydrogen-bond acceptors (Lipinski definition) is 10. The van der Waals surface area contributed by atoms with Crippen molar-refractivity contribution >= 4 is 41.7 Å². The Labute approximate surface area is 297 Å². The number of primary amides is 1. The van der Waals surface area contributed by atoms with E-state index in [-0.39, 0.29) is 42.4 Å². The number of ether oxygens (including phenoxy) is 3. The highest BCUT2D eigenvalue weighted by Gasteiger charge is 2.32. The molecule has 274 valence electrons. The third-order valence-corrected chi connectivity index (χ3v) is 8.07. The number of carbonyl (C=O) groups excluding carboxylic acids is 5. The first-order chi connectivity index (χ1) is 24.7. The molecular formula is C36H38N4O12. The monoisotopic (exact) mass is 718 g/mol. The molecule has 52 heavy (non-hydrogen) atoms. The lowest BCUT2D eigenvalue weighted by Gasteiger charge is -2.24. The van der Waals surface area contributed by atoms with Crippen LogP contribution < -0.4 is 31.2 Å². The number of benzene rings is 3. The zero-order chi connectivity index (χ0) is 37.9. The minimum absolute atomic E-state index is 0.0833. The molecule has 0 heterocycles. The van der Waals surface area contributed by atoms with Crippen molar-refractivity contribution in [3.05, 3.63) is 83.4 Å². The van der Waals surface area contributed by atoms with Gasteiger partial charge in [-0.25, -0.2) is 9.59 Å². The molecule has 0 bridgehead atoms. The van der Waals surface area contributed by atoms with Crippen molar-refractivity contribution in [2.45, 2.75) is 57.2 Å². The molecule has 1 aliphatic carbocycles. The van der Waals surface area contributed by atoms with Crippen molar-refractivity contribution in [2.75, 3.05) is 13.2 Å². The van der Waals surface area contributed by atoms with Crippen LogP contribution in [0.15, 0.2) is 66.7 Å². The summed E-state index contributed by atoms with van der Waals surface area (Å²) in [5.41, 5.74) is 9.51. The van der Waals surface area contributed by atoms with Gasteiger partial charge >= 0.3 is 24.0 Å². The first-order valence-electron chi connectivity index (χ1n) is 16.1. The Hall–Kier alpha value is -6.45. The van der Waals surface area contributed by atoms with Gasteiger partial charge in [0.15, 0.2) is 18.1 Å².